The van der Waals surface area contributed by atoms with Gasteiger partial charge in [0, 0.05) is 18.3 Å². The predicted molar refractivity (Wildman–Crippen MR) is 80.5 cm³/mol. The van der Waals surface area contributed by atoms with Crippen molar-refractivity contribution in [3.63, 3.8) is 0 Å². The monoisotopic (exact) mass is 280 g/mol. The number of anilines is 1. The Hall–Kier alpha value is -2.69. The Kier molecular flexibility index (Phi) is 3.64. The molecule has 21 heavy (non-hydrogen) atoms. The molecule has 5 heteroatoms. The molecule has 0 atom stereocenters. The van der Waals surface area contributed by atoms with E-state index in [4.69, 9.17) is 10.3 Å². The van der Waals surface area contributed by atoms with Gasteiger partial charge in [-0.2, -0.15) is 4.98 Å². The molecule has 0 aliphatic carbocycles. The number of nitrogen functional groups attached to an aromatic ring is 1. The third-order valence-electron chi connectivity index (χ3n) is 3.27. The molecule has 0 spiro atoms. The Morgan fingerprint density at radius 2 is 2.05 bits per heavy atom. The highest BCUT2D eigenvalue weighted by Gasteiger charge is 2.11. The van der Waals surface area contributed by atoms with Crippen LogP contribution in [-0.2, 0) is 12.8 Å². The van der Waals surface area contributed by atoms with E-state index in [9.17, 15) is 0 Å². The van der Waals surface area contributed by atoms with E-state index in [1.54, 1.807) is 6.20 Å². The first-order valence-electron chi connectivity index (χ1n) is 6.81. The van der Waals surface area contributed by atoms with Crippen molar-refractivity contribution in [3.05, 3.63) is 59.6 Å². The molecule has 0 bridgehead atoms. The zero-order chi connectivity index (χ0) is 14.7. The van der Waals surface area contributed by atoms with Crippen LogP contribution in [0.3, 0.4) is 0 Å². The molecule has 0 aliphatic heterocycles. The molecule has 0 saturated carbocycles. The second-order valence-electron chi connectivity index (χ2n) is 4.93. The molecule has 5 nitrogen and oxygen atoms in total. The number of nitrogens with zero attached hydrogens (tertiary/aromatic N) is 3. The largest absolute Gasteiger partial charge is 0.399 e. The fraction of sp³-hybridized carbons (Fsp3) is 0.188. The van der Waals surface area contributed by atoms with Crippen molar-refractivity contribution in [1.82, 2.24) is 15.1 Å². The third-order valence-corrected chi connectivity index (χ3v) is 3.27. The normalized spacial score (nSPS) is 10.7. The van der Waals surface area contributed by atoms with Gasteiger partial charge in [0.05, 0.1) is 0 Å². The summed E-state index contributed by atoms with van der Waals surface area (Å²) in [4.78, 5) is 8.70. The van der Waals surface area contributed by atoms with Crippen LogP contribution in [0.4, 0.5) is 5.69 Å². The molecular formula is C16H16N4O. The minimum atomic E-state index is 0.538. The second-order valence-corrected chi connectivity index (χ2v) is 4.93. The average molecular weight is 280 g/mol. The number of benzene rings is 1. The van der Waals surface area contributed by atoms with E-state index in [1.807, 2.05) is 43.3 Å². The standard InChI is InChI=1S/C16H16N4O/c1-11-4-3-9-18-15(11)16-19-14(21-20-16)8-7-12-5-2-6-13(17)10-12/h2-6,9-10H,7-8,17H2,1H3. The van der Waals surface area contributed by atoms with Gasteiger partial charge in [-0.05, 0) is 42.7 Å². The quantitative estimate of drug-likeness (QED) is 0.743. The Balaban J connectivity index is 1.72. The summed E-state index contributed by atoms with van der Waals surface area (Å²) in [6, 6.07) is 11.7. The van der Waals surface area contributed by atoms with Gasteiger partial charge in [0.2, 0.25) is 11.7 Å². The highest BCUT2D eigenvalue weighted by Crippen LogP contribution is 2.17. The average Bonchev–Trinajstić information content (AvgIpc) is 2.94. The first-order chi connectivity index (χ1) is 10.2. The van der Waals surface area contributed by atoms with Gasteiger partial charge in [-0.25, -0.2) is 0 Å². The molecule has 3 aromatic rings. The van der Waals surface area contributed by atoms with Crippen LogP contribution in [0.2, 0.25) is 0 Å². The van der Waals surface area contributed by atoms with E-state index in [0.717, 1.165) is 28.9 Å². The van der Waals surface area contributed by atoms with Crippen molar-refractivity contribution in [3.8, 4) is 11.5 Å². The molecule has 0 saturated heterocycles. The highest BCUT2D eigenvalue weighted by atomic mass is 16.5. The Morgan fingerprint density at radius 3 is 2.86 bits per heavy atom. The van der Waals surface area contributed by atoms with Crippen molar-refractivity contribution in [2.24, 2.45) is 0 Å². The van der Waals surface area contributed by atoms with Gasteiger partial charge in [0.1, 0.15) is 5.69 Å². The van der Waals surface area contributed by atoms with Crippen molar-refractivity contribution in [2.45, 2.75) is 19.8 Å². The predicted octanol–water partition coefficient (Wildman–Crippen LogP) is 2.81. The van der Waals surface area contributed by atoms with Gasteiger partial charge in [-0.1, -0.05) is 23.4 Å². The summed E-state index contributed by atoms with van der Waals surface area (Å²) in [7, 11) is 0. The summed E-state index contributed by atoms with van der Waals surface area (Å²) in [6.45, 7) is 1.98. The maximum atomic E-state index is 5.76. The van der Waals surface area contributed by atoms with Crippen LogP contribution in [0.25, 0.3) is 11.5 Å². The molecular weight excluding hydrogens is 264 g/mol. The van der Waals surface area contributed by atoms with Crippen LogP contribution in [0, 0.1) is 6.92 Å². The number of nitrogens with two attached hydrogens (primary N) is 1. The SMILES string of the molecule is Cc1cccnc1-c1noc(CCc2cccc(N)c2)n1. The highest BCUT2D eigenvalue weighted by molar-refractivity contribution is 5.53. The van der Waals surface area contributed by atoms with Crippen molar-refractivity contribution in [2.75, 3.05) is 5.73 Å². The molecule has 3 rings (SSSR count). The van der Waals surface area contributed by atoms with Gasteiger partial charge in [0.15, 0.2) is 0 Å². The summed E-state index contributed by atoms with van der Waals surface area (Å²) in [5.74, 6) is 1.15. The topological polar surface area (TPSA) is 77.8 Å². The second kappa shape index (κ2) is 5.75. The molecule has 2 N–H and O–H groups in total. The molecule has 2 aromatic heterocycles. The van der Waals surface area contributed by atoms with Crippen LogP contribution in [0.5, 0.6) is 0 Å². The summed E-state index contributed by atoms with van der Waals surface area (Å²) in [6.07, 6.45) is 3.22. The molecule has 0 unspecified atom stereocenters. The van der Waals surface area contributed by atoms with Gasteiger partial charge in [-0.15, -0.1) is 0 Å². The molecule has 0 radical (unpaired) electrons. The van der Waals surface area contributed by atoms with Crippen molar-refractivity contribution >= 4 is 5.69 Å². The summed E-state index contributed by atoms with van der Waals surface area (Å²) >= 11 is 0. The number of hydrogen-bond acceptors (Lipinski definition) is 5. The fourth-order valence-corrected chi connectivity index (χ4v) is 2.17. The minimum Gasteiger partial charge on any atom is -0.399 e. The van der Waals surface area contributed by atoms with Crippen molar-refractivity contribution in [1.29, 1.82) is 0 Å². The minimum absolute atomic E-state index is 0.538. The van der Waals surface area contributed by atoms with Crippen LogP contribution in [-0.4, -0.2) is 15.1 Å². The lowest BCUT2D eigenvalue weighted by Gasteiger charge is -1.99. The van der Waals surface area contributed by atoms with Crippen LogP contribution in [0.1, 0.15) is 17.0 Å². The molecule has 0 fully saturated rings. The summed E-state index contributed by atoms with van der Waals surface area (Å²) < 4.78 is 5.29. The Labute approximate surface area is 122 Å². The number of pyridine rings is 1. The lowest BCUT2D eigenvalue weighted by molar-refractivity contribution is 0.378. The maximum Gasteiger partial charge on any atom is 0.227 e. The summed E-state index contributed by atoms with van der Waals surface area (Å²) in [5, 5.41) is 4.00. The van der Waals surface area contributed by atoms with E-state index < -0.39 is 0 Å². The van der Waals surface area contributed by atoms with Gasteiger partial charge < -0.3 is 10.3 Å². The zero-order valence-corrected chi connectivity index (χ0v) is 11.8. The van der Waals surface area contributed by atoms with Gasteiger partial charge in [0.25, 0.3) is 0 Å². The van der Waals surface area contributed by atoms with E-state index in [-0.39, 0.29) is 0 Å². The lowest BCUT2D eigenvalue weighted by atomic mass is 10.1. The summed E-state index contributed by atoms with van der Waals surface area (Å²) in [5.41, 5.74) is 9.48. The first-order valence-corrected chi connectivity index (χ1v) is 6.81. The molecule has 106 valence electrons. The third kappa shape index (κ3) is 3.08. The number of hydrogen-bond donors (Lipinski definition) is 1. The Bertz CT molecular complexity index is 751. The molecule has 2 heterocycles. The zero-order valence-electron chi connectivity index (χ0n) is 11.8. The fourth-order valence-electron chi connectivity index (χ4n) is 2.17. The Morgan fingerprint density at radius 1 is 1.14 bits per heavy atom. The lowest BCUT2D eigenvalue weighted by Crippen LogP contribution is -1.94. The van der Waals surface area contributed by atoms with E-state index in [0.29, 0.717) is 18.1 Å². The number of rotatable bonds is 4. The molecule has 0 aliphatic rings. The van der Waals surface area contributed by atoms with Crippen LogP contribution < -0.4 is 5.73 Å². The van der Waals surface area contributed by atoms with Crippen molar-refractivity contribution < 1.29 is 4.52 Å². The first kappa shape index (κ1) is 13.3. The molecule has 0 amide bonds. The number of aryl methyl sites for hydroxylation is 3. The van der Waals surface area contributed by atoms with E-state index in [1.165, 1.54) is 0 Å². The van der Waals surface area contributed by atoms with Crippen LogP contribution in [0.15, 0.2) is 47.1 Å². The van der Waals surface area contributed by atoms with Gasteiger partial charge >= 0.3 is 0 Å². The molecule has 1 aromatic carbocycles. The maximum absolute atomic E-state index is 5.76. The number of aromatic nitrogens is 3. The van der Waals surface area contributed by atoms with E-state index >= 15 is 0 Å². The van der Waals surface area contributed by atoms with Crippen LogP contribution >= 0.6 is 0 Å². The van der Waals surface area contributed by atoms with E-state index in [2.05, 4.69) is 15.1 Å². The smallest absolute Gasteiger partial charge is 0.227 e. The van der Waals surface area contributed by atoms with Gasteiger partial charge in [-0.3, -0.25) is 4.98 Å².